The van der Waals surface area contributed by atoms with Gasteiger partial charge in [0.25, 0.3) is 0 Å². The topological polar surface area (TPSA) is 53.2 Å². The molecule has 0 aromatic heterocycles. The van der Waals surface area contributed by atoms with E-state index in [-0.39, 0.29) is 12.1 Å². The van der Waals surface area contributed by atoms with Crippen molar-refractivity contribution < 1.29 is 4.79 Å². The standard InChI is InChI=1S/C15H23N3O/c1-11(2)18-15(19)17-10-8-13-6-3-5-12-7-4-9-16-14(12)13/h3,5-6,11,16H,4,7-10H2,1-2H3,(H2,17,18,19). The number of urea groups is 1. The maximum Gasteiger partial charge on any atom is 0.314 e. The van der Waals surface area contributed by atoms with Crippen LogP contribution in [0.3, 0.4) is 0 Å². The van der Waals surface area contributed by atoms with Gasteiger partial charge in [-0.2, -0.15) is 0 Å². The molecule has 2 rings (SSSR count). The number of carbonyl (C=O) groups is 1. The van der Waals surface area contributed by atoms with Crippen LogP contribution in [0.25, 0.3) is 0 Å². The van der Waals surface area contributed by atoms with Crippen molar-refractivity contribution in [2.75, 3.05) is 18.4 Å². The van der Waals surface area contributed by atoms with Gasteiger partial charge in [0.05, 0.1) is 0 Å². The van der Waals surface area contributed by atoms with Crippen molar-refractivity contribution in [3.05, 3.63) is 29.3 Å². The van der Waals surface area contributed by atoms with Crippen molar-refractivity contribution >= 4 is 11.7 Å². The van der Waals surface area contributed by atoms with Gasteiger partial charge < -0.3 is 16.0 Å². The van der Waals surface area contributed by atoms with Gasteiger partial charge in [0.15, 0.2) is 0 Å². The van der Waals surface area contributed by atoms with Crippen LogP contribution in [0.5, 0.6) is 0 Å². The first kappa shape index (κ1) is 13.7. The first-order chi connectivity index (χ1) is 9.16. The van der Waals surface area contributed by atoms with E-state index in [0.29, 0.717) is 6.54 Å². The molecule has 4 nitrogen and oxygen atoms in total. The molecule has 0 radical (unpaired) electrons. The molecule has 0 saturated carbocycles. The summed E-state index contributed by atoms with van der Waals surface area (Å²) in [5.74, 6) is 0. The second kappa shape index (κ2) is 6.45. The lowest BCUT2D eigenvalue weighted by Crippen LogP contribution is -2.40. The lowest BCUT2D eigenvalue weighted by molar-refractivity contribution is 0.238. The molecule has 0 fully saturated rings. The van der Waals surface area contributed by atoms with E-state index in [9.17, 15) is 4.79 Å². The Balaban J connectivity index is 1.88. The van der Waals surface area contributed by atoms with Crippen LogP contribution in [0.1, 0.15) is 31.4 Å². The predicted octanol–water partition coefficient (Wildman–Crippen LogP) is 2.29. The third-order valence-corrected chi connectivity index (χ3v) is 3.26. The highest BCUT2D eigenvalue weighted by Gasteiger charge is 2.12. The number of aryl methyl sites for hydroxylation is 1. The van der Waals surface area contributed by atoms with Crippen LogP contribution >= 0.6 is 0 Å². The molecule has 4 heteroatoms. The van der Waals surface area contributed by atoms with Crippen LogP contribution in [-0.2, 0) is 12.8 Å². The van der Waals surface area contributed by atoms with Gasteiger partial charge in [0.1, 0.15) is 0 Å². The molecule has 19 heavy (non-hydrogen) atoms. The maximum atomic E-state index is 11.5. The van der Waals surface area contributed by atoms with Gasteiger partial charge in [-0.05, 0) is 44.2 Å². The highest BCUT2D eigenvalue weighted by atomic mass is 16.2. The molecule has 0 unspecified atom stereocenters. The van der Waals surface area contributed by atoms with Gasteiger partial charge in [-0.1, -0.05) is 18.2 Å². The number of hydrogen-bond donors (Lipinski definition) is 3. The minimum absolute atomic E-state index is 0.0900. The van der Waals surface area contributed by atoms with Crippen LogP contribution in [0, 0.1) is 0 Å². The maximum absolute atomic E-state index is 11.5. The number of rotatable bonds is 4. The SMILES string of the molecule is CC(C)NC(=O)NCCc1cccc2c1NCCC2. The molecule has 104 valence electrons. The molecule has 3 N–H and O–H groups in total. The molecule has 1 heterocycles. The van der Waals surface area contributed by atoms with E-state index in [0.717, 1.165) is 19.4 Å². The first-order valence-corrected chi connectivity index (χ1v) is 7.06. The number of hydrogen-bond acceptors (Lipinski definition) is 2. The van der Waals surface area contributed by atoms with Gasteiger partial charge >= 0.3 is 6.03 Å². The highest BCUT2D eigenvalue weighted by Crippen LogP contribution is 2.26. The summed E-state index contributed by atoms with van der Waals surface area (Å²) < 4.78 is 0. The van der Waals surface area contributed by atoms with Crippen molar-refractivity contribution in [1.29, 1.82) is 0 Å². The Morgan fingerprint density at radius 2 is 2.26 bits per heavy atom. The summed E-state index contributed by atoms with van der Waals surface area (Å²) in [5.41, 5.74) is 3.97. The van der Waals surface area contributed by atoms with Crippen molar-refractivity contribution in [2.45, 2.75) is 39.2 Å². The fourth-order valence-corrected chi connectivity index (χ4v) is 2.41. The molecule has 1 aromatic carbocycles. The molecule has 1 aliphatic heterocycles. The Bertz CT molecular complexity index is 443. The second-order valence-electron chi connectivity index (χ2n) is 5.29. The molecule has 0 atom stereocenters. The summed E-state index contributed by atoms with van der Waals surface area (Å²) in [7, 11) is 0. The largest absolute Gasteiger partial charge is 0.385 e. The molecule has 1 aliphatic rings. The molecule has 0 aliphatic carbocycles. The van der Waals surface area contributed by atoms with Crippen molar-refractivity contribution in [3.8, 4) is 0 Å². The number of carbonyl (C=O) groups excluding carboxylic acids is 1. The third kappa shape index (κ3) is 3.88. The molecular weight excluding hydrogens is 238 g/mol. The lowest BCUT2D eigenvalue weighted by Gasteiger charge is -2.21. The van der Waals surface area contributed by atoms with Crippen LogP contribution in [-0.4, -0.2) is 25.2 Å². The zero-order valence-corrected chi connectivity index (χ0v) is 11.8. The minimum Gasteiger partial charge on any atom is -0.385 e. The van der Waals surface area contributed by atoms with Gasteiger partial charge in [-0.15, -0.1) is 0 Å². The zero-order valence-electron chi connectivity index (χ0n) is 11.8. The zero-order chi connectivity index (χ0) is 13.7. The van der Waals surface area contributed by atoms with E-state index in [1.807, 2.05) is 13.8 Å². The molecule has 0 saturated heterocycles. The predicted molar refractivity (Wildman–Crippen MR) is 78.6 cm³/mol. The van der Waals surface area contributed by atoms with E-state index < -0.39 is 0 Å². The van der Waals surface area contributed by atoms with Gasteiger partial charge in [0.2, 0.25) is 0 Å². The average molecular weight is 261 g/mol. The van der Waals surface area contributed by atoms with E-state index >= 15 is 0 Å². The lowest BCUT2D eigenvalue weighted by atomic mass is 9.98. The number of anilines is 1. The minimum atomic E-state index is -0.0900. The molecular formula is C15H23N3O. The van der Waals surface area contributed by atoms with Crippen molar-refractivity contribution in [2.24, 2.45) is 0 Å². The number of nitrogens with one attached hydrogen (secondary N) is 3. The summed E-state index contributed by atoms with van der Waals surface area (Å²) in [6, 6.07) is 6.51. The second-order valence-corrected chi connectivity index (χ2v) is 5.29. The van der Waals surface area contributed by atoms with E-state index in [2.05, 4.69) is 34.1 Å². The Hall–Kier alpha value is -1.71. The number of para-hydroxylation sites is 1. The molecule has 0 spiro atoms. The van der Waals surface area contributed by atoms with Gasteiger partial charge in [-0.25, -0.2) is 4.79 Å². The van der Waals surface area contributed by atoms with Gasteiger partial charge in [-0.3, -0.25) is 0 Å². The quantitative estimate of drug-likeness (QED) is 0.779. The molecule has 1 aromatic rings. The molecule has 2 amide bonds. The summed E-state index contributed by atoms with van der Waals surface area (Å²) >= 11 is 0. The smallest absolute Gasteiger partial charge is 0.314 e. The fraction of sp³-hybridized carbons (Fsp3) is 0.533. The number of fused-ring (bicyclic) bond motifs is 1. The average Bonchev–Trinajstić information content (AvgIpc) is 2.38. The summed E-state index contributed by atoms with van der Waals surface area (Å²) in [5, 5.41) is 9.19. The monoisotopic (exact) mass is 261 g/mol. The first-order valence-electron chi connectivity index (χ1n) is 7.06. The van der Waals surface area contributed by atoms with Crippen LogP contribution in [0.15, 0.2) is 18.2 Å². The van der Waals surface area contributed by atoms with Crippen molar-refractivity contribution in [3.63, 3.8) is 0 Å². The Morgan fingerprint density at radius 1 is 1.42 bits per heavy atom. The van der Waals surface area contributed by atoms with E-state index in [1.54, 1.807) is 0 Å². The summed E-state index contributed by atoms with van der Waals surface area (Å²) in [4.78, 5) is 11.5. The number of benzene rings is 1. The van der Waals surface area contributed by atoms with Crippen LogP contribution in [0.2, 0.25) is 0 Å². The summed E-state index contributed by atoms with van der Waals surface area (Å²) in [6.45, 7) is 5.62. The normalized spacial score (nSPS) is 13.6. The fourth-order valence-electron chi connectivity index (χ4n) is 2.41. The van der Waals surface area contributed by atoms with Crippen LogP contribution < -0.4 is 16.0 Å². The van der Waals surface area contributed by atoms with E-state index in [4.69, 9.17) is 0 Å². The molecule has 0 bridgehead atoms. The van der Waals surface area contributed by atoms with E-state index in [1.165, 1.54) is 23.2 Å². The number of amides is 2. The summed E-state index contributed by atoms with van der Waals surface area (Å²) in [6.07, 6.45) is 3.21. The van der Waals surface area contributed by atoms with Crippen molar-refractivity contribution in [1.82, 2.24) is 10.6 Å². The highest BCUT2D eigenvalue weighted by molar-refractivity contribution is 5.74. The Kier molecular flexibility index (Phi) is 4.66. The van der Waals surface area contributed by atoms with Gasteiger partial charge in [0, 0.05) is 24.8 Å². The Morgan fingerprint density at radius 3 is 3.05 bits per heavy atom. The van der Waals surface area contributed by atoms with Crippen LogP contribution in [0.4, 0.5) is 10.5 Å². The Labute approximate surface area is 115 Å². The third-order valence-electron chi connectivity index (χ3n) is 3.26.